The van der Waals surface area contributed by atoms with Gasteiger partial charge in [0.1, 0.15) is 0 Å². The van der Waals surface area contributed by atoms with Crippen LogP contribution in [0.2, 0.25) is 0 Å². The van der Waals surface area contributed by atoms with E-state index in [4.69, 9.17) is 11.6 Å². The molecule has 1 aromatic heterocycles. The first-order chi connectivity index (χ1) is 6.70. The van der Waals surface area contributed by atoms with Crippen molar-refractivity contribution in [3.63, 3.8) is 0 Å². The summed E-state index contributed by atoms with van der Waals surface area (Å²) in [7, 11) is 0. The summed E-state index contributed by atoms with van der Waals surface area (Å²) in [6.07, 6.45) is 0. The Bertz CT molecular complexity index is 436. The molecule has 0 aliphatic carbocycles. The Balaban J connectivity index is 2.53. The summed E-state index contributed by atoms with van der Waals surface area (Å²) < 4.78 is 4.41. The molecule has 0 saturated heterocycles. The molecule has 1 nitrogen and oxygen atoms in total. The summed E-state index contributed by atoms with van der Waals surface area (Å²) in [6, 6.07) is 8.22. The number of hydrogen-bond acceptors (Lipinski definition) is 2. The maximum Gasteiger partial charge on any atom is 0.0843 e. The maximum atomic E-state index is 6.10. The molecule has 0 saturated carbocycles. The summed E-state index contributed by atoms with van der Waals surface area (Å²) in [6.45, 7) is 4.18. The minimum Gasteiger partial charge on any atom is -0.192 e. The van der Waals surface area contributed by atoms with E-state index in [1.165, 1.54) is 10.3 Å². The molecule has 0 spiro atoms. The van der Waals surface area contributed by atoms with E-state index in [0.717, 1.165) is 5.52 Å². The van der Waals surface area contributed by atoms with Crippen LogP contribution in [0.15, 0.2) is 24.3 Å². The second-order valence-electron chi connectivity index (χ2n) is 3.53. The third-order valence-corrected chi connectivity index (χ3v) is 3.97. The smallest absolute Gasteiger partial charge is 0.0843 e. The van der Waals surface area contributed by atoms with E-state index in [2.05, 4.69) is 17.4 Å². The van der Waals surface area contributed by atoms with Gasteiger partial charge in [0.2, 0.25) is 0 Å². The van der Waals surface area contributed by atoms with Crippen LogP contribution in [0.25, 0.3) is 10.9 Å². The Morgan fingerprint density at radius 1 is 1.29 bits per heavy atom. The zero-order chi connectivity index (χ0) is 10.1. The molecule has 0 N–H and O–H groups in total. The Morgan fingerprint density at radius 3 is 2.71 bits per heavy atom. The summed E-state index contributed by atoms with van der Waals surface area (Å²) >= 11 is 7.66. The van der Waals surface area contributed by atoms with Gasteiger partial charge in [0, 0.05) is 21.6 Å². The second-order valence-corrected chi connectivity index (χ2v) is 5.02. The number of aromatic nitrogens is 1. The summed E-state index contributed by atoms with van der Waals surface area (Å²) in [4.78, 5) is 1.29. The maximum absolute atomic E-state index is 6.10. The lowest BCUT2D eigenvalue weighted by molar-refractivity contribution is 0.762. The molecule has 0 bridgehead atoms. The van der Waals surface area contributed by atoms with Crippen LogP contribution in [-0.2, 0) is 0 Å². The second kappa shape index (κ2) is 3.87. The van der Waals surface area contributed by atoms with Crippen molar-refractivity contribution >= 4 is 34.0 Å². The largest absolute Gasteiger partial charge is 0.192 e. The monoisotopic (exact) mass is 225 g/mol. The molecule has 2 unspecified atom stereocenters. The number of fused-ring (bicyclic) bond motifs is 1. The van der Waals surface area contributed by atoms with E-state index in [1.54, 1.807) is 11.5 Å². The number of halogens is 1. The molecule has 2 rings (SSSR count). The zero-order valence-electron chi connectivity index (χ0n) is 8.20. The van der Waals surface area contributed by atoms with Crippen molar-refractivity contribution in [3.05, 3.63) is 29.1 Å². The lowest BCUT2D eigenvalue weighted by atomic mass is 10.0. The summed E-state index contributed by atoms with van der Waals surface area (Å²) in [5.74, 6) is 0.370. The van der Waals surface area contributed by atoms with E-state index < -0.39 is 0 Å². The van der Waals surface area contributed by atoms with Crippen LogP contribution in [0.3, 0.4) is 0 Å². The molecule has 0 aliphatic heterocycles. The molecular weight excluding hydrogens is 214 g/mol. The Kier molecular flexibility index (Phi) is 2.75. The van der Waals surface area contributed by atoms with Gasteiger partial charge in [0.15, 0.2) is 0 Å². The van der Waals surface area contributed by atoms with Gasteiger partial charge in [-0.1, -0.05) is 25.1 Å². The average Bonchev–Trinajstić information content (AvgIpc) is 2.60. The molecule has 0 amide bonds. The standard InChI is InChI=1S/C11H12ClNS/c1-7(8(2)12)11-9-5-3-4-6-10(9)13-14-11/h3-8H,1-2H3. The Hall–Kier alpha value is -0.600. The fourth-order valence-corrected chi connectivity index (χ4v) is 2.64. The quantitative estimate of drug-likeness (QED) is 0.704. The number of nitrogens with zero attached hydrogens (tertiary/aromatic N) is 1. The van der Waals surface area contributed by atoms with Gasteiger partial charge in [-0.3, -0.25) is 0 Å². The van der Waals surface area contributed by atoms with Gasteiger partial charge in [-0.15, -0.1) is 11.6 Å². The SMILES string of the molecule is CC(Cl)C(C)c1snc2ccccc12. The highest BCUT2D eigenvalue weighted by molar-refractivity contribution is 7.07. The van der Waals surface area contributed by atoms with Crippen molar-refractivity contribution in [2.45, 2.75) is 25.1 Å². The number of rotatable bonds is 2. The van der Waals surface area contributed by atoms with Gasteiger partial charge in [0.05, 0.1) is 5.52 Å². The van der Waals surface area contributed by atoms with Crippen LogP contribution < -0.4 is 0 Å². The Labute approximate surface area is 92.9 Å². The zero-order valence-corrected chi connectivity index (χ0v) is 9.77. The number of alkyl halides is 1. The predicted octanol–water partition coefficient (Wildman–Crippen LogP) is 4.03. The minimum atomic E-state index is 0.152. The Morgan fingerprint density at radius 2 is 2.00 bits per heavy atom. The normalized spacial score (nSPS) is 15.6. The molecule has 0 radical (unpaired) electrons. The highest BCUT2D eigenvalue weighted by atomic mass is 35.5. The van der Waals surface area contributed by atoms with Crippen molar-refractivity contribution in [1.82, 2.24) is 4.37 Å². The third kappa shape index (κ3) is 1.64. The minimum absolute atomic E-state index is 0.152. The van der Waals surface area contributed by atoms with Gasteiger partial charge in [-0.05, 0) is 24.5 Å². The van der Waals surface area contributed by atoms with E-state index in [-0.39, 0.29) is 5.38 Å². The van der Waals surface area contributed by atoms with Gasteiger partial charge in [-0.25, -0.2) is 0 Å². The summed E-state index contributed by atoms with van der Waals surface area (Å²) in [5.41, 5.74) is 1.08. The van der Waals surface area contributed by atoms with Crippen molar-refractivity contribution in [1.29, 1.82) is 0 Å². The summed E-state index contributed by atoms with van der Waals surface area (Å²) in [5, 5.41) is 1.40. The van der Waals surface area contributed by atoms with Crippen molar-refractivity contribution in [2.75, 3.05) is 0 Å². The fourth-order valence-electron chi connectivity index (χ4n) is 1.45. The van der Waals surface area contributed by atoms with Crippen molar-refractivity contribution in [3.8, 4) is 0 Å². The molecule has 0 aliphatic rings. The third-order valence-electron chi connectivity index (χ3n) is 2.51. The van der Waals surface area contributed by atoms with Gasteiger partial charge < -0.3 is 0 Å². The van der Waals surface area contributed by atoms with Gasteiger partial charge in [0.25, 0.3) is 0 Å². The van der Waals surface area contributed by atoms with E-state index in [9.17, 15) is 0 Å². The molecule has 14 heavy (non-hydrogen) atoms. The topological polar surface area (TPSA) is 12.9 Å². The molecule has 0 fully saturated rings. The molecule has 74 valence electrons. The highest BCUT2D eigenvalue weighted by Crippen LogP contribution is 2.32. The fraction of sp³-hybridized carbons (Fsp3) is 0.364. The van der Waals surface area contributed by atoms with Crippen LogP contribution in [-0.4, -0.2) is 9.75 Å². The molecule has 1 aromatic carbocycles. The molecule has 3 heteroatoms. The number of hydrogen-bond donors (Lipinski definition) is 0. The van der Waals surface area contributed by atoms with Gasteiger partial charge in [-0.2, -0.15) is 4.37 Å². The highest BCUT2D eigenvalue weighted by Gasteiger charge is 2.16. The van der Waals surface area contributed by atoms with Crippen LogP contribution >= 0.6 is 23.1 Å². The lowest BCUT2D eigenvalue weighted by Crippen LogP contribution is -2.02. The molecule has 1 heterocycles. The molecule has 2 aromatic rings. The first-order valence-corrected chi connectivity index (χ1v) is 5.89. The van der Waals surface area contributed by atoms with Crippen LogP contribution in [0.5, 0.6) is 0 Å². The predicted molar refractivity (Wildman–Crippen MR) is 63.4 cm³/mol. The number of benzene rings is 1. The van der Waals surface area contributed by atoms with Crippen LogP contribution in [0, 0.1) is 0 Å². The van der Waals surface area contributed by atoms with E-state index in [1.807, 2.05) is 25.1 Å². The van der Waals surface area contributed by atoms with Crippen molar-refractivity contribution in [2.24, 2.45) is 0 Å². The molecular formula is C11H12ClNS. The van der Waals surface area contributed by atoms with Crippen molar-refractivity contribution < 1.29 is 0 Å². The van der Waals surface area contributed by atoms with Crippen LogP contribution in [0.1, 0.15) is 24.6 Å². The average molecular weight is 226 g/mol. The lowest BCUT2D eigenvalue weighted by Gasteiger charge is -2.11. The first kappa shape index (κ1) is 9.94. The van der Waals surface area contributed by atoms with Crippen LogP contribution in [0.4, 0.5) is 0 Å². The van der Waals surface area contributed by atoms with Gasteiger partial charge >= 0.3 is 0 Å². The molecule has 2 atom stereocenters. The van der Waals surface area contributed by atoms with E-state index >= 15 is 0 Å². The van der Waals surface area contributed by atoms with E-state index in [0.29, 0.717) is 5.92 Å². The first-order valence-electron chi connectivity index (χ1n) is 4.68.